The van der Waals surface area contributed by atoms with Crippen LogP contribution in [0.5, 0.6) is 11.5 Å². The summed E-state index contributed by atoms with van der Waals surface area (Å²) < 4.78 is 58.2. The van der Waals surface area contributed by atoms with Crippen molar-refractivity contribution in [2.45, 2.75) is 25.7 Å². The van der Waals surface area contributed by atoms with Crippen LogP contribution in [0.1, 0.15) is 34.0 Å². The zero-order chi connectivity index (χ0) is 25.3. The fourth-order valence-electron chi connectivity index (χ4n) is 3.37. The SMILES string of the molecule is CC(=O)Nc1cc(C(F)(c2ccc(O)c(NC(=O)c3cccc(C)c3)c2)C(F)(F)F)ccc1O. The summed E-state index contributed by atoms with van der Waals surface area (Å²) in [5, 5.41) is 24.4. The van der Waals surface area contributed by atoms with Gasteiger partial charge in [-0.1, -0.05) is 29.8 Å². The highest BCUT2D eigenvalue weighted by molar-refractivity contribution is 6.05. The van der Waals surface area contributed by atoms with Crippen molar-refractivity contribution < 1.29 is 37.4 Å². The summed E-state index contributed by atoms with van der Waals surface area (Å²) in [5.41, 5.74) is -5.87. The van der Waals surface area contributed by atoms with E-state index in [1.165, 1.54) is 12.1 Å². The van der Waals surface area contributed by atoms with Crippen LogP contribution in [0.3, 0.4) is 0 Å². The molecule has 4 N–H and O–H groups in total. The molecule has 0 heterocycles. The average molecular weight is 476 g/mol. The predicted molar refractivity (Wildman–Crippen MR) is 118 cm³/mol. The summed E-state index contributed by atoms with van der Waals surface area (Å²) in [6.45, 7) is 2.81. The molecule has 0 aliphatic carbocycles. The molecule has 0 radical (unpaired) electrons. The number of nitrogens with one attached hydrogen (secondary N) is 2. The number of alkyl halides is 4. The Morgan fingerprint density at radius 1 is 0.794 bits per heavy atom. The van der Waals surface area contributed by atoms with Gasteiger partial charge in [0, 0.05) is 23.6 Å². The van der Waals surface area contributed by atoms with E-state index in [-0.39, 0.29) is 5.56 Å². The molecule has 10 heteroatoms. The fourth-order valence-corrected chi connectivity index (χ4v) is 3.37. The van der Waals surface area contributed by atoms with E-state index in [4.69, 9.17) is 0 Å². The summed E-state index contributed by atoms with van der Waals surface area (Å²) in [7, 11) is 0. The zero-order valence-corrected chi connectivity index (χ0v) is 18.0. The maximum absolute atomic E-state index is 15.9. The van der Waals surface area contributed by atoms with Crippen LogP contribution in [0.2, 0.25) is 0 Å². The van der Waals surface area contributed by atoms with Gasteiger partial charge < -0.3 is 20.8 Å². The van der Waals surface area contributed by atoms with Gasteiger partial charge in [0.25, 0.3) is 11.6 Å². The minimum absolute atomic E-state index is 0.186. The maximum atomic E-state index is 15.9. The molecule has 2 amide bonds. The van der Waals surface area contributed by atoms with Crippen LogP contribution in [0.25, 0.3) is 0 Å². The molecule has 1 unspecified atom stereocenters. The Balaban J connectivity index is 2.09. The lowest BCUT2D eigenvalue weighted by Gasteiger charge is -2.30. The molecule has 0 saturated carbocycles. The molecule has 3 aromatic rings. The minimum atomic E-state index is -5.48. The summed E-state index contributed by atoms with van der Waals surface area (Å²) in [4.78, 5) is 23.8. The topological polar surface area (TPSA) is 98.7 Å². The number of carbonyl (C=O) groups excluding carboxylic acids is 2. The number of phenolic OH excluding ortho intramolecular Hbond substituents is 2. The molecule has 3 aromatic carbocycles. The Kier molecular flexibility index (Phi) is 6.53. The van der Waals surface area contributed by atoms with Crippen LogP contribution in [0, 0.1) is 6.92 Å². The van der Waals surface area contributed by atoms with Crippen LogP contribution in [0.4, 0.5) is 28.9 Å². The van der Waals surface area contributed by atoms with Crippen LogP contribution in [0.15, 0.2) is 60.7 Å². The van der Waals surface area contributed by atoms with E-state index >= 15 is 4.39 Å². The molecule has 0 bridgehead atoms. The second-order valence-electron chi connectivity index (χ2n) is 7.62. The molecule has 34 heavy (non-hydrogen) atoms. The lowest BCUT2D eigenvalue weighted by molar-refractivity contribution is -0.219. The highest BCUT2D eigenvalue weighted by atomic mass is 19.4. The Bertz CT molecular complexity index is 1260. The molecule has 3 rings (SSSR count). The predicted octanol–water partition coefficient (Wildman–Crippen LogP) is 5.39. The molecular weight excluding hydrogens is 456 g/mol. The number of aromatic hydroxyl groups is 2. The van der Waals surface area contributed by atoms with Gasteiger partial charge in [-0.05, 0) is 43.3 Å². The molecule has 0 saturated heterocycles. The van der Waals surface area contributed by atoms with Gasteiger partial charge in [-0.25, -0.2) is 4.39 Å². The number of halogens is 4. The number of rotatable bonds is 5. The average Bonchev–Trinajstić information content (AvgIpc) is 2.75. The first-order valence-corrected chi connectivity index (χ1v) is 9.91. The van der Waals surface area contributed by atoms with Crippen molar-refractivity contribution in [3.05, 3.63) is 82.9 Å². The molecule has 0 fully saturated rings. The Labute approximate surface area is 191 Å². The largest absolute Gasteiger partial charge is 0.506 e. The Morgan fingerprint density at radius 3 is 1.79 bits per heavy atom. The van der Waals surface area contributed by atoms with Gasteiger partial charge in [-0.15, -0.1) is 0 Å². The number of amides is 2. The van der Waals surface area contributed by atoms with Crippen molar-refractivity contribution >= 4 is 23.2 Å². The van der Waals surface area contributed by atoms with Gasteiger partial charge in [0.15, 0.2) is 0 Å². The molecule has 178 valence electrons. The lowest BCUT2D eigenvalue weighted by atomic mass is 9.86. The van der Waals surface area contributed by atoms with Crippen molar-refractivity contribution in [2.24, 2.45) is 0 Å². The monoisotopic (exact) mass is 476 g/mol. The number of hydrogen-bond acceptors (Lipinski definition) is 4. The van der Waals surface area contributed by atoms with Gasteiger partial charge >= 0.3 is 6.18 Å². The number of phenols is 2. The Hall–Kier alpha value is -4.08. The molecule has 6 nitrogen and oxygen atoms in total. The summed E-state index contributed by atoms with van der Waals surface area (Å²) in [6.07, 6.45) is -5.48. The van der Waals surface area contributed by atoms with Crippen LogP contribution in [-0.4, -0.2) is 28.2 Å². The molecule has 0 spiro atoms. The smallest absolute Gasteiger partial charge is 0.431 e. The first-order chi connectivity index (χ1) is 15.8. The van der Waals surface area contributed by atoms with Gasteiger partial charge in [0.1, 0.15) is 11.5 Å². The second-order valence-corrected chi connectivity index (χ2v) is 7.62. The van der Waals surface area contributed by atoms with Gasteiger partial charge in [-0.3, -0.25) is 9.59 Å². The highest BCUT2D eigenvalue weighted by Gasteiger charge is 2.59. The highest BCUT2D eigenvalue weighted by Crippen LogP contribution is 2.50. The van der Waals surface area contributed by atoms with Gasteiger partial charge in [0.2, 0.25) is 5.91 Å². The van der Waals surface area contributed by atoms with Crippen LogP contribution in [-0.2, 0) is 10.5 Å². The Morgan fingerprint density at radius 2 is 1.32 bits per heavy atom. The number of hydrogen-bond donors (Lipinski definition) is 4. The van der Waals surface area contributed by atoms with E-state index in [1.807, 2.05) is 0 Å². The second kappa shape index (κ2) is 9.05. The third-order valence-electron chi connectivity index (χ3n) is 5.02. The third-order valence-corrected chi connectivity index (χ3v) is 5.02. The van der Waals surface area contributed by atoms with Crippen molar-refractivity contribution in [1.29, 1.82) is 0 Å². The number of benzene rings is 3. The van der Waals surface area contributed by atoms with Crippen molar-refractivity contribution in [1.82, 2.24) is 0 Å². The van der Waals surface area contributed by atoms with E-state index in [0.29, 0.717) is 12.1 Å². The van der Waals surface area contributed by atoms with Gasteiger partial charge in [0.05, 0.1) is 11.4 Å². The number of carbonyl (C=O) groups is 2. The molecular formula is C24H20F4N2O4. The standard InChI is InChI=1S/C24H20F4N2O4/c1-13-4-3-5-15(10-13)22(34)30-19-12-17(7-9-21(19)33)23(25,24(26,27)28)16-6-8-20(32)18(11-16)29-14(2)31/h3-12,32-33H,1-2H3,(H,29,31)(H,30,34). The van der Waals surface area contributed by atoms with Crippen molar-refractivity contribution in [2.75, 3.05) is 10.6 Å². The van der Waals surface area contributed by atoms with E-state index in [9.17, 15) is 33.0 Å². The fraction of sp³-hybridized carbons (Fsp3) is 0.167. The first kappa shape index (κ1) is 24.6. The number of aryl methyl sites for hydroxylation is 1. The first-order valence-electron chi connectivity index (χ1n) is 9.91. The zero-order valence-electron chi connectivity index (χ0n) is 18.0. The molecule has 0 aliphatic rings. The van der Waals surface area contributed by atoms with E-state index in [2.05, 4.69) is 10.6 Å². The lowest BCUT2D eigenvalue weighted by Crippen LogP contribution is -2.39. The summed E-state index contributed by atoms with van der Waals surface area (Å²) in [5.74, 6) is -2.53. The van der Waals surface area contributed by atoms with Crippen molar-refractivity contribution in [3.8, 4) is 11.5 Å². The van der Waals surface area contributed by atoms with Gasteiger partial charge in [-0.2, -0.15) is 13.2 Å². The van der Waals surface area contributed by atoms with E-state index in [1.54, 1.807) is 19.1 Å². The quantitative estimate of drug-likeness (QED) is 0.293. The molecule has 1 atom stereocenters. The summed E-state index contributed by atoms with van der Waals surface area (Å²) in [6, 6.07) is 10.8. The third kappa shape index (κ3) is 4.80. The van der Waals surface area contributed by atoms with E-state index in [0.717, 1.165) is 36.8 Å². The summed E-state index contributed by atoms with van der Waals surface area (Å²) >= 11 is 0. The number of anilines is 2. The van der Waals surface area contributed by atoms with E-state index < -0.39 is 57.7 Å². The van der Waals surface area contributed by atoms with Crippen molar-refractivity contribution in [3.63, 3.8) is 0 Å². The normalized spacial score (nSPS) is 13.1. The van der Waals surface area contributed by atoms with Crippen LogP contribution < -0.4 is 10.6 Å². The maximum Gasteiger partial charge on any atom is 0.431 e. The minimum Gasteiger partial charge on any atom is -0.506 e. The molecule has 0 aliphatic heterocycles. The molecule has 0 aromatic heterocycles. The van der Waals surface area contributed by atoms with Crippen LogP contribution >= 0.6 is 0 Å².